The van der Waals surface area contributed by atoms with Crippen molar-refractivity contribution in [3.63, 3.8) is 0 Å². The predicted molar refractivity (Wildman–Crippen MR) is 61.3 cm³/mol. The highest BCUT2D eigenvalue weighted by atomic mass is 32.2. The lowest BCUT2D eigenvalue weighted by Gasteiger charge is -2.06. The summed E-state index contributed by atoms with van der Waals surface area (Å²) in [7, 11) is 0. The summed E-state index contributed by atoms with van der Waals surface area (Å²) in [4.78, 5) is 1.22. The molecule has 0 unspecified atom stereocenters. The van der Waals surface area contributed by atoms with Gasteiger partial charge in [0.2, 0.25) is 0 Å². The summed E-state index contributed by atoms with van der Waals surface area (Å²) in [5.74, 6) is 0.958. The average Bonchev–Trinajstić information content (AvgIpc) is 2.17. The third kappa shape index (κ3) is 3.42. The number of benzene rings is 1. The van der Waals surface area contributed by atoms with Crippen LogP contribution in [0.25, 0.3) is 0 Å². The van der Waals surface area contributed by atoms with E-state index in [4.69, 9.17) is 10.1 Å². The van der Waals surface area contributed by atoms with Crippen LogP contribution in [-0.4, -0.2) is 18.3 Å². The van der Waals surface area contributed by atoms with Crippen LogP contribution in [0.2, 0.25) is 0 Å². The maximum absolute atomic E-state index is 7.47. The zero-order valence-corrected chi connectivity index (χ0v) is 9.36. The molecule has 0 spiro atoms. The molecule has 3 heteroatoms. The van der Waals surface area contributed by atoms with Crippen molar-refractivity contribution in [2.75, 3.05) is 12.4 Å². The third-order valence-corrected chi connectivity index (χ3v) is 2.95. The molecular formula is C11H15NOS. The largest absolute Gasteiger partial charge is 0.481 e. The van der Waals surface area contributed by atoms with Crippen LogP contribution in [0.15, 0.2) is 29.2 Å². The molecule has 1 rings (SSSR count). The van der Waals surface area contributed by atoms with Gasteiger partial charge in [0.15, 0.2) is 5.90 Å². The van der Waals surface area contributed by atoms with E-state index >= 15 is 0 Å². The van der Waals surface area contributed by atoms with Crippen LogP contribution in [0.3, 0.4) is 0 Å². The summed E-state index contributed by atoms with van der Waals surface area (Å²) in [6.45, 7) is 4.55. The quantitative estimate of drug-likeness (QED) is 0.469. The maximum Gasteiger partial charge on any atom is 0.190 e. The van der Waals surface area contributed by atoms with E-state index < -0.39 is 0 Å². The zero-order chi connectivity index (χ0) is 10.4. The topological polar surface area (TPSA) is 33.1 Å². The van der Waals surface area contributed by atoms with Crippen LogP contribution in [0.1, 0.15) is 12.5 Å². The van der Waals surface area contributed by atoms with Gasteiger partial charge in [-0.05, 0) is 25.5 Å². The highest BCUT2D eigenvalue weighted by Gasteiger charge is 2.01. The first-order chi connectivity index (χ1) is 6.74. The summed E-state index contributed by atoms with van der Waals surface area (Å²) in [5.41, 5.74) is 1.25. The van der Waals surface area contributed by atoms with E-state index in [0.717, 1.165) is 0 Å². The number of hydrogen-bond donors (Lipinski definition) is 1. The molecule has 14 heavy (non-hydrogen) atoms. The summed E-state index contributed by atoms with van der Waals surface area (Å²) in [6, 6.07) is 8.18. The first-order valence-corrected chi connectivity index (χ1v) is 5.61. The van der Waals surface area contributed by atoms with Gasteiger partial charge in [0.25, 0.3) is 0 Å². The van der Waals surface area contributed by atoms with E-state index in [2.05, 4.69) is 19.1 Å². The second-order valence-corrected chi connectivity index (χ2v) is 3.93. The maximum atomic E-state index is 7.47. The lowest BCUT2D eigenvalue weighted by molar-refractivity contribution is 0.322. The molecule has 0 saturated heterocycles. The van der Waals surface area contributed by atoms with Gasteiger partial charge in [-0.2, -0.15) is 0 Å². The molecule has 0 fully saturated rings. The normalized spacial score (nSPS) is 9.86. The lowest BCUT2D eigenvalue weighted by Crippen LogP contribution is -2.05. The van der Waals surface area contributed by atoms with E-state index in [9.17, 15) is 0 Å². The summed E-state index contributed by atoms with van der Waals surface area (Å²) in [6.07, 6.45) is 0. The molecule has 76 valence electrons. The molecule has 0 amide bonds. The lowest BCUT2D eigenvalue weighted by atomic mass is 10.2. The number of hydrogen-bond acceptors (Lipinski definition) is 3. The van der Waals surface area contributed by atoms with Crippen LogP contribution in [-0.2, 0) is 4.74 Å². The van der Waals surface area contributed by atoms with Crippen molar-refractivity contribution < 1.29 is 4.74 Å². The Labute approximate surface area is 89.2 Å². The Hall–Kier alpha value is -0.960. The average molecular weight is 209 g/mol. The molecule has 0 bridgehead atoms. The number of ether oxygens (including phenoxy) is 1. The standard InChI is InChI=1S/C11H15NOS/c1-3-13-11(12)8-14-10-7-5-4-6-9(10)2/h4-7,12H,3,8H2,1-2H3. The van der Waals surface area contributed by atoms with Crippen molar-refractivity contribution in [3.05, 3.63) is 29.8 Å². The van der Waals surface area contributed by atoms with Gasteiger partial charge in [0.05, 0.1) is 12.4 Å². The second-order valence-electron chi connectivity index (χ2n) is 2.91. The van der Waals surface area contributed by atoms with Gasteiger partial charge in [-0.15, -0.1) is 11.8 Å². The Kier molecular flexibility index (Phi) is 4.53. The molecule has 1 N–H and O–H groups in total. The van der Waals surface area contributed by atoms with Crippen molar-refractivity contribution >= 4 is 17.7 Å². The molecule has 0 aromatic heterocycles. The molecule has 0 aliphatic carbocycles. The van der Waals surface area contributed by atoms with E-state index in [1.165, 1.54) is 10.5 Å². The Morgan fingerprint density at radius 3 is 2.79 bits per heavy atom. The molecule has 0 heterocycles. The number of thioether (sulfide) groups is 1. The summed E-state index contributed by atoms with van der Waals surface area (Å²) < 4.78 is 5.07. The minimum Gasteiger partial charge on any atom is -0.481 e. The van der Waals surface area contributed by atoms with Gasteiger partial charge in [0.1, 0.15) is 0 Å². The van der Waals surface area contributed by atoms with Crippen molar-refractivity contribution in [1.29, 1.82) is 5.41 Å². The first-order valence-electron chi connectivity index (χ1n) is 4.62. The fourth-order valence-corrected chi connectivity index (χ4v) is 1.92. The molecule has 0 aliphatic heterocycles. The van der Waals surface area contributed by atoms with E-state index in [1.807, 2.05) is 19.1 Å². The molecule has 0 aliphatic rings. The highest BCUT2D eigenvalue weighted by Crippen LogP contribution is 2.21. The Bertz CT molecular complexity index is 312. The van der Waals surface area contributed by atoms with Gasteiger partial charge in [0, 0.05) is 4.90 Å². The van der Waals surface area contributed by atoms with Crippen molar-refractivity contribution in [3.8, 4) is 0 Å². The molecular weight excluding hydrogens is 194 g/mol. The van der Waals surface area contributed by atoms with E-state index in [1.54, 1.807) is 11.8 Å². The SMILES string of the molecule is CCOC(=N)CSc1ccccc1C. The fourth-order valence-electron chi connectivity index (χ4n) is 1.08. The van der Waals surface area contributed by atoms with Gasteiger partial charge in [-0.25, -0.2) is 0 Å². The van der Waals surface area contributed by atoms with Crippen LogP contribution < -0.4 is 0 Å². The number of aryl methyl sites for hydroxylation is 1. The van der Waals surface area contributed by atoms with Gasteiger partial charge < -0.3 is 4.74 Å². The van der Waals surface area contributed by atoms with Crippen molar-refractivity contribution in [1.82, 2.24) is 0 Å². The van der Waals surface area contributed by atoms with E-state index in [-0.39, 0.29) is 0 Å². The van der Waals surface area contributed by atoms with Gasteiger partial charge >= 0.3 is 0 Å². The minimum atomic E-state index is 0.348. The van der Waals surface area contributed by atoms with Crippen LogP contribution in [0.5, 0.6) is 0 Å². The minimum absolute atomic E-state index is 0.348. The van der Waals surface area contributed by atoms with Crippen molar-refractivity contribution in [2.45, 2.75) is 18.7 Å². The monoisotopic (exact) mass is 209 g/mol. The molecule has 1 aromatic rings. The van der Waals surface area contributed by atoms with E-state index in [0.29, 0.717) is 18.3 Å². The van der Waals surface area contributed by atoms with Gasteiger partial charge in [-0.3, -0.25) is 5.41 Å². The third-order valence-electron chi connectivity index (χ3n) is 1.77. The number of rotatable bonds is 4. The first kappa shape index (κ1) is 11.1. The second kappa shape index (κ2) is 5.70. The Morgan fingerprint density at radius 1 is 1.43 bits per heavy atom. The Morgan fingerprint density at radius 2 is 2.14 bits per heavy atom. The fraction of sp³-hybridized carbons (Fsp3) is 0.364. The number of nitrogens with one attached hydrogen (secondary N) is 1. The zero-order valence-electron chi connectivity index (χ0n) is 8.54. The Balaban J connectivity index is 2.46. The predicted octanol–water partition coefficient (Wildman–Crippen LogP) is 3.10. The van der Waals surface area contributed by atoms with Crippen molar-refractivity contribution in [2.24, 2.45) is 0 Å². The molecule has 0 saturated carbocycles. The summed E-state index contributed by atoms with van der Waals surface area (Å²) >= 11 is 1.65. The molecule has 0 radical (unpaired) electrons. The molecule has 0 atom stereocenters. The summed E-state index contributed by atoms with van der Waals surface area (Å²) in [5, 5.41) is 7.47. The van der Waals surface area contributed by atoms with Crippen LogP contribution in [0.4, 0.5) is 0 Å². The van der Waals surface area contributed by atoms with Crippen LogP contribution >= 0.6 is 11.8 Å². The smallest absolute Gasteiger partial charge is 0.190 e. The molecule has 1 aromatic carbocycles. The van der Waals surface area contributed by atoms with Crippen LogP contribution in [0, 0.1) is 12.3 Å². The molecule has 2 nitrogen and oxygen atoms in total. The van der Waals surface area contributed by atoms with Gasteiger partial charge in [-0.1, -0.05) is 18.2 Å². The highest BCUT2D eigenvalue weighted by molar-refractivity contribution is 8.00.